The van der Waals surface area contributed by atoms with Crippen LogP contribution in [0.3, 0.4) is 0 Å². The highest BCUT2D eigenvalue weighted by Gasteiger charge is 2.35. The molecule has 4 rings (SSSR count). The number of amides is 2. The van der Waals surface area contributed by atoms with Crippen molar-refractivity contribution in [2.75, 3.05) is 26.2 Å². The fourth-order valence-corrected chi connectivity index (χ4v) is 4.51. The second-order valence-electron chi connectivity index (χ2n) is 8.50. The van der Waals surface area contributed by atoms with Crippen molar-refractivity contribution in [2.45, 2.75) is 25.4 Å². The minimum absolute atomic E-state index is 0.0296. The molecule has 0 bridgehead atoms. The molecule has 2 fully saturated rings. The van der Waals surface area contributed by atoms with Crippen LogP contribution in [-0.4, -0.2) is 70.0 Å². The van der Waals surface area contributed by atoms with Crippen molar-refractivity contribution >= 4 is 17.8 Å². The van der Waals surface area contributed by atoms with Gasteiger partial charge in [-0.2, -0.15) is 0 Å². The average molecular weight is 437 g/mol. The molecule has 0 saturated carbocycles. The number of carboxylic acid groups (broad SMARTS) is 1. The van der Waals surface area contributed by atoms with Crippen LogP contribution >= 0.6 is 0 Å². The van der Waals surface area contributed by atoms with Gasteiger partial charge in [0.25, 0.3) is 0 Å². The number of carboxylic acids is 1. The van der Waals surface area contributed by atoms with Gasteiger partial charge in [0.15, 0.2) is 5.78 Å². The van der Waals surface area contributed by atoms with Gasteiger partial charge in [-0.05, 0) is 55.6 Å². The Kier molecular flexibility index (Phi) is 6.41. The maximum absolute atomic E-state index is 12.6. The van der Waals surface area contributed by atoms with Gasteiger partial charge >= 0.3 is 12.0 Å². The molecule has 168 valence electrons. The number of carbonyl (C=O) groups excluding carboxylic acids is 2. The molecule has 2 aliphatic rings. The lowest BCUT2D eigenvalue weighted by Crippen LogP contribution is -2.43. The maximum Gasteiger partial charge on any atom is 0.339 e. The lowest BCUT2D eigenvalue weighted by atomic mass is 9.89. The van der Waals surface area contributed by atoms with Crippen LogP contribution in [-0.2, 0) is 6.54 Å². The zero-order chi connectivity index (χ0) is 22.7. The van der Waals surface area contributed by atoms with Gasteiger partial charge in [0.1, 0.15) is 11.3 Å². The lowest BCUT2D eigenvalue weighted by molar-refractivity contribution is 0.0693. The van der Waals surface area contributed by atoms with Crippen LogP contribution in [0.5, 0.6) is 5.75 Å². The SMILES string of the molecule is O=C(CN1CCC(C2CN(Cc3ccccc3)C(=O)N2)CC1)c1ccc(O)c(C(=O)O)c1. The van der Waals surface area contributed by atoms with Gasteiger partial charge in [0.05, 0.1) is 12.6 Å². The van der Waals surface area contributed by atoms with E-state index in [-0.39, 0.29) is 41.3 Å². The molecule has 0 radical (unpaired) electrons. The van der Waals surface area contributed by atoms with Crippen LogP contribution in [0.1, 0.15) is 39.1 Å². The molecule has 2 amide bonds. The Bertz CT molecular complexity index is 1000. The largest absolute Gasteiger partial charge is 0.507 e. The van der Waals surface area contributed by atoms with Gasteiger partial charge in [-0.25, -0.2) is 9.59 Å². The van der Waals surface area contributed by atoms with E-state index in [1.54, 1.807) is 0 Å². The standard InChI is InChI=1S/C24H27N3O5/c28-21-7-6-18(12-19(21)23(30)31)22(29)15-26-10-8-17(9-11-26)20-14-27(24(32)25-20)13-16-4-2-1-3-5-16/h1-7,12,17,20,28H,8-11,13-15H2,(H,25,32)(H,30,31). The highest BCUT2D eigenvalue weighted by Crippen LogP contribution is 2.25. The summed E-state index contributed by atoms with van der Waals surface area (Å²) in [6.45, 7) is 2.97. The first-order valence-corrected chi connectivity index (χ1v) is 10.8. The van der Waals surface area contributed by atoms with Crippen LogP contribution in [0.2, 0.25) is 0 Å². The predicted octanol–water partition coefficient (Wildman–Crippen LogP) is 2.58. The molecule has 8 nitrogen and oxygen atoms in total. The lowest BCUT2D eigenvalue weighted by Gasteiger charge is -2.34. The van der Waals surface area contributed by atoms with E-state index in [0.717, 1.165) is 31.5 Å². The second kappa shape index (κ2) is 9.40. The highest BCUT2D eigenvalue weighted by atomic mass is 16.4. The van der Waals surface area contributed by atoms with E-state index in [1.165, 1.54) is 18.2 Å². The van der Waals surface area contributed by atoms with Crippen LogP contribution in [0.15, 0.2) is 48.5 Å². The number of nitrogens with one attached hydrogen (secondary N) is 1. The van der Waals surface area contributed by atoms with Gasteiger partial charge in [0.2, 0.25) is 0 Å². The van der Waals surface area contributed by atoms with Gasteiger partial charge in [0, 0.05) is 18.7 Å². The topological polar surface area (TPSA) is 110 Å². The fraction of sp³-hybridized carbons (Fsp3) is 0.375. The number of ketones is 1. The van der Waals surface area contributed by atoms with Crippen molar-refractivity contribution in [3.63, 3.8) is 0 Å². The van der Waals surface area contributed by atoms with Gasteiger partial charge in [-0.3, -0.25) is 9.69 Å². The Balaban J connectivity index is 1.28. The zero-order valence-electron chi connectivity index (χ0n) is 17.7. The number of rotatable bonds is 7. The fourth-order valence-electron chi connectivity index (χ4n) is 4.51. The summed E-state index contributed by atoms with van der Waals surface area (Å²) < 4.78 is 0. The third-order valence-electron chi connectivity index (χ3n) is 6.35. The van der Waals surface area contributed by atoms with Gasteiger partial charge < -0.3 is 20.4 Å². The normalized spacial score (nSPS) is 19.7. The number of benzene rings is 2. The number of nitrogens with zero attached hydrogens (tertiary/aromatic N) is 2. The zero-order valence-corrected chi connectivity index (χ0v) is 17.7. The molecule has 2 saturated heterocycles. The number of aromatic hydroxyl groups is 1. The monoisotopic (exact) mass is 437 g/mol. The molecular formula is C24H27N3O5. The number of carbonyl (C=O) groups is 3. The summed E-state index contributed by atoms with van der Waals surface area (Å²) in [6, 6.07) is 13.9. The van der Waals surface area contributed by atoms with Crippen molar-refractivity contribution in [3.05, 3.63) is 65.2 Å². The third-order valence-corrected chi connectivity index (χ3v) is 6.35. The Morgan fingerprint density at radius 1 is 1.06 bits per heavy atom. The number of hydrogen-bond acceptors (Lipinski definition) is 5. The average Bonchev–Trinajstić information content (AvgIpc) is 3.15. The van der Waals surface area contributed by atoms with E-state index in [4.69, 9.17) is 5.11 Å². The Morgan fingerprint density at radius 3 is 2.47 bits per heavy atom. The van der Waals surface area contributed by atoms with E-state index < -0.39 is 5.97 Å². The number of phenols is 1. The smallest absolute Gasteiger partial charge is 0.339 e. The molecule has 0 aromatic heterocycles. The molecule has 2 heterocycles. The maximum atomic E-state index is 12.6. The van der Waals surface area contributed by atoms with Crippen molar-refractivity contribution in [2.24, 2.45) is 5.92 Å². The van der Waals surface area contributed by atoms with Crippen molar-refractivity contribution in [1.82, 2.24) is 15.1 Å². The summed E-state index contributed by atoms with van der Waals surface area (Å²) in [5.74, 6) is -1.43. The molecule has 2 aliphatic heterocycles. The Labute approximate surface area is 186 Å². The van der Waals surface area contributed by atoms with Gasteiger partial charge in [-0.1, -0.05) is 30.3 Å². The number of hydrogen-bond donors (Lipinski definition) is 3. The van der Waals surface area contributed by atoms with Crippen LogP contribution < -0.4 is 5.32 Å². The summed E-state index contributed by atoms with van der Waals surface area (Å²) >= 11 is 0. The van der Waals surface area contributed by atoms with E-state index in [2.05, 4.69) is 10.2 Å². The summed E-state index contributed by atoms with van der Waals surface area (Å²) in [5, 5.41) is 21.9. The molecule has 1 unspecified atom stereocenters. The molecule has 3 N–H and O–H groups in total. The quantitative estimate of drug-likeness (QED) is 0.575. The summed E-state index contributed by atoms with van der Waals surface area (Å²) in [4.78, 5) is 40.1. The molecule has 8 heteroatoms. The molecule has 2 aromatic carbocycles. The second-order valence-corrected chi connectivity index (χ2v) is 8.50. The number of aromatic carboxylic acids is 1. The predicted molar refractivity (Wildman–Crippen MR) is 118 cm³/mol. The summed E-state index contributed by atoms with van der Waals surface area (Å²) in [6.07, 6.45) is 1.76. The number of Topliss-reactive ketones (excluding diaryl/α,β-unsaturated/α-hetero) is 1. The van der Waals surface area contributed by atoms with Crippen LogP contribution in [0.4, 0.5) is 4.79 Å². The van der Waals surface area contributed by atoms with E-state index in [1.807, 2.05) is 35.2 Å². The minimum atomic E-state index is -1.27. The number of urea groups is 1. The summed E-state index contributed by atoms with van der Waals surface area (Å²) in [5.41, 5.74) is 1.12. The van der Waals surface area contributed by atoms with E-state index in [0.29, 0.717) is 19.0 Å². The summed E-state index contributed by atoms with van der Waals surface area (Å²) in [7, 11) is 0. The van der Waals surface area contributed by atoms with E-state index >= 15 is 0 Å². The molecule has 2 aromatic rings. The van der Waals surface area contributed by atoms with Crippen molar-refractivity contribution in [1.29, 1.82) is 0 Å². The Hall–Kier alpha value is -3.39. The third kappa shape index (κ3) is 4.91. The Morgan fingerprint density at radius 2 is 1.78 bits per heavy atom. The first-order valence-electron chi connectivity index (χ1n) is 10.8. The highest BCUT2D eigenvalue weighted by molar-refractivity contribution is 6.01. The van der Waals surface area contributed by atoms with Crippen LogP contribution in [0, 0.1) is 5.92 Å². The molecule has 0 spiro atoms. The molecule has 1 atom stereocenters. The van der Waals surface area contributed by atoms with Crippen molar-refractivity contribution < 1.29 is 24.6 Å². The number of piperidine rings is 1. The van der Waals surface area contributed by atoms with Crippen LogP contribution in [0.25, 0.3) is 0 Å². The first kappa shape index (κ1) is 21.8. The molecular weight excluding hydrogens is 410 g/mol. The van der Waals surface area contributed by atoms with Crippen molar-refractivity contribution in [3.8, 4) is 5.75 Å². The number of likely N-dealkylation sites (tertiary alicyclic amines) is 1. The molecule has 32 heavy (non-hydrogen) atoms. The molecule has 0 aliphatic carbocycles. The van der Waals surface area contributed by atoms with Gasteiger partial charge in [-0.15, -0.1) is 0 Å². The van der Waals surface area contributed by atoms with E-state index in [9.17, 15) is 19.5 Å². The minimum Gasteiger partial charge on any atom is -0.507 e. The first-order chi connectivity index (χ1) is 15.4.